The maximum atomic E-state index is 10.9. The maximum Gasteiger partial charge on any atom is 0.320 e. The first-order valence-corrected chi connectivity index (χ1v) is 5.14. The topological polar surface area (TPSA) is 53.4 Å². The largest absolute Gasteiger partial charge is 0.480 e. The quantitative estimate of drug-likeness (QED) is 0.919. The number of carbonyl (C=O) groups is 1. The number of hydrogen-bond acceptors (Lipinski definition) is 3. The van der Waals surface area contributed by atoms with E-state index in [2.05, 4.69) is 4.98 Å². The van der Waals surface area contributed by atoms with Crippen molar-refractivity contribution in [2.75, 3.05) is 6.54 Å². The summed E-state index contributed by atoms with van der Waals surface area (Å²) >= 11 is 0. The molecule has 6 heteroatoms. The highest BCUT2D eigenvalue weighted by molar-refractivity contribution is 5.85. The number of carboxylic acid groups (broad SMARTS) is 1. The molecule has 1 N–H and O–H groups in total. The molecule has 2 heterocycles. The van der Waals surface area contributed by atoms with Gasteiger partial charge in [-0.1, -0.05) is 6.07 Å². The third-order valence-electron chi connectivity index (χ3n) is 2.74. The summed E-state index contributed by atoms with van der Waals surface area (Å²) in [6.07, 6.45) is 3.45. The fraction of sp³-hybridized carbons (Fsp3) is 0.455. The zero-order valence-electron chi connectivity index (χ0n) is 9.28. The van der Waals surface area contributed by atoms with E-state index >= 15 is 0 Å². The Balaban J connectivity index is 0.00000128. The van der Waals surface area contributed by atoms with Crippen molar-refractivity contribution in [2.45, 2.75) is 25.4 Å². The van der Waals surface area contributed by atoms with Gasteiger partial charge in [-0.15, -0.1) is 24.8 Å². The standard InChI is InChI=1S/C11H14N2O2.2ClH/c14-11(15)10-5-3-7-13(10)8-9-4-1-2-6-12-9;;/h1-2,4,6,10H,3,5,7-8H2,(H,14,15);2*1H. The minimum absolute atomic E-state index is 0. The molecule has 0 saturated carbocycles. The van der Waals surface area contributed by atoms with Gasteiger partial charge < -0.3 is 5.11 Å². The van der Waals surface area contributed by atoms with Crippen molar-refractivity contribution in [3.05, 3.63) is 30.1 Å². The number of hydrogen-bond donors (Lipinski definition) is 1. The van der Waals surface area contributed by atoms with Crippen LogP contribution >= 0.6 is 24.8 Å². The fourth-order valence-corrected chi connectivity index (χ4v) is 1.99. The van der Waals surface area contributed by atoms with E-state index in [0.717, 1.165) is 25.1 Å². The molecule has 1 atom stereocenters. The minimum Gasteiger partial charge on any atom is -0.480 e. The second-order valence-electron chi connectivity index (χ2n) is 3.79. The van der Waals surface area contributed by atoms with Crippen LogP contribution in [0.4, 0.5) is 0 Å². The summed E-state index contributed by atoms with van der Waals surface area (Å²) < 4.78 is 0. The molecule has 0 amide bonds. The summed E-state index contributed by atoms with van der Waals surface area (Å²) in [7, 11) is 0. The molecule has 0 aromatic carbocycles. The molecule has 1 aliphatic heterocycles. The van der Waals surface area contributed by atoms with Crippen LogP contribution in [0, 0.1) is 0 Å². The van der Waals surface area contributed by atoms with Gasteiger partial charge >= 0.3 is 5.97 Å². The Morgan fingerprint density at radius 2 is 2.24 bits per heavy atom. The van der Waals surface area contributed by atoms with Gasteiger partial charge in [0.05, 0.1) is 5.69 Å². The smallest absolute Gasteiger partial charge is 0.320 e. The van der Waals surface area contributed by atoms with Crippen molar-refractivity contribution in [3.63, 3.8) is 0 Å². The van der Waals surface area contributed by atoms with Crippen molar-refractivity contribution >= 4 is 30.8 Å². The lowest BCUT2D eigenvalue weighted by Gasteiger charge is -2.20. The normalized spacial score (nSPS) is 19.2. The molecule has 0 spiro atoms. The lowest BCUT2D eigenvalue weighted by atomic mass is 10.2. The first-order valence-electron chi connectivity index (χ1n) is 5.14. The number of likely N-dealkylation sites (tertiary alicyclic amines) is 1. The number of halogens is 2. The number of aliphatic carboxylic acids is 1. The summed E-state index contributed by atoms with van der Waals surface area (Å²) in [5.41, 5.74) is 0.936. The van der Waals surface area contributed by atoms with Crippen LogP contribution in [0.25, 0.3) is 0 Å². The van der Waals surface area contributed by atoms with Gasteiger partial charge in [0.15, 0.2) is 0 Å². The number of nitrogens with zero attached hydrogens (tertiary/aromatic N) is 2. The molecule has 1 aliphatic rings. The van der Waals surface area contributed by atoms with Gasteiger partial charge in [0.1, 0.15) is 6.04 Å². The molecule has 4 nitrogen and oxygen atoms in total. The molecular formula is C11H16Cl2N2O2. The second-order valence-corrected chi connectivity index (χ2v) is 3.79. The van der Waals surface area contributed by atoms with Crippen LogP contribution in [-0.2, 0) is 11.3 Å². The lowest BCUT2D eigenvalue weighted by molar-refractivity contribution is -0.142. The van der Waals surface area contributed by atoms with Gasteiger partial charge in [-0.25, -0.2) is 0 Å². The molecule has 0 radical (unpaired) electrons. The number of rotatable bonds is 3. The fourth-order valence-electron chi connectivity index (χ4n) is 1.99. The second kappa shape index (κ2) is 7.48. The predicted molar refractivity (Wildman–Crippen MR) is 69.8 cm³/mol. The minimum atomic E-state index is -0.719. The zero-order chi connectivity index (χ0) is 10.7. The Morgan fingerprint density at radius 3 is 2.82 bits per heavy atom. The van der Waals surface area contributed by atoms with E-state index in [1.807, 2.05) is 23.1 Å². The summed E-state index contributed by atoms with van der Waals surface area (Å²) in [6, 6.07) is 5.39. The molecule has 1 aromatic rings. The molecule has 0 bridgehead atoms. The van der Waals surface area contributed by atoms with Crippen LogP contribution in [-0.4, -0.2) is 33.5 Å². The average Bonchev–Trinajstić information content (AvgIpc) is 2.67. The SMILES string of the molecule is Cl.Cl.O=C(O)C1CCCN1Cc1ccccn1. The molecule has 1 aromatic heterocycles. The maximum absolute atomic E-state index is 10.9. The van der Waals surface area contributed by atoms with Gasteiger partial charge in [-0.3, -0.25) is 14.7 Å². The van der Waals surface area contributed by atoms with E-state index in [9.17, 15) is 4.79 Å². The highest BCUT2D eigenvalue weighted by atomic mass is 35.5. The Kier molecular flexibility index (Phi) is 7.11. The number of pyridine rings is 1. The van der Waals surface area contributed by atoms with Gasteiger partial charge in [0.2, 0.25) is 0 Å². The molecule has 2 rings (SSSR count). The van der Waals surface area contributed by atoms with Gasteiger partial charge in [-0.2, -0.15) is 0 Å². The van der Waals surface area contributed by atoms with Crippen LogP contribution in [0.1, 0.15) is 18.5 Å². The molecule has 96 valence electrons. The van der Waals surface area contributed by atoms with Gasteiger partial charge in [0.25, 0.3) is 0 Å². The van der Waals surface area contributed by atoms with Crippen LogP contribution in [0.15, 0.2) is 24.4 Å². The van der Waals surface area contributed by atoms with E-state index in [1.54, 1.807) is 6.20 Å². The van der Waals surface area contributed by atoms with Gasteiger partial charge in [0, 0.05) is 12.7 Å². The summed E-state index contributed by atoms with van der Waals surface area (Å²) in [5, 5.41) is 9.00. The highest BCUT2D eigenvalue weighted by Crippen LogP contribution is 2.19. The first kappa shape index (κ1) is 16.2. The lowest BCUT2D eigenvalue weighted by Crippen LogP contribution is -2.35. The van der Waals surface area contributed by atoms with Gasteiger partial charge in [-0.05, 0) is 31.5 Å². The van der Waals surface area contributed by atoms with E-state index in [1.165, 1.54) is 0 Å². The van der Waals surface area contributed by atoms with Crippen molar-refractivity contribution in [1.29, 1.82) is 0 Å². The molecule has 1 fully saturated rings. The van der Waals surface area contributed by atoms with Crippen molar-refractivity contribution in [1.82, 2.24) is 9.88 Å². The number of aromatic nitrogens is 1. The van der Waals surface area contributed by atoms with Crippen molar-refractivity contribution < 1.29 is 9.90 Å². The molecule has 1 unspecified atom stereocenters. The van der Waals surface area contributed by atoms with Crippen LogP contribution in [0.5, 0.6) is 0 Å². The summed E-state index contributed by atoms with van der Waals surface area (Å²) in [5.74, 6) is -0.719. The monoisotopic (exact) mass is 278 g/mol. The summed E-state index contributed by atoms with van der Waals surface area (Å²) in [4.78, 5) is 17.1. The Morgan fingerprint density at radius 1 is 1.47 bits per heavy atom. The third-order valence-corrected chi connectivity index (χ3v) is 2.74. The molecule has 0 aliphatic carbocycles. The highest BCUT2D eigenvalue weighted by Gasteiger charge is 2.30. The third kappa shape index (κ3) is 4.15. The Hall–Kier alpha value is -0.840. The van der Waals surface area contributed by atoms with E-state index in [0.29, 0.717) is 6.54 Å². The van der Waals surface area contributed by atoms with Crippen LogP contribution in [0.2, 0.25) is 0 Å². The van der Waals surface area contributed by atoms with E-state index in [4.69, 9.17) is 5.11 Å². The Bertz CT molecular complexity index is 349. The van der Waals surface area contributed by atoms with Crippen molar-refractivity contribution in [2.24, 2.45) is 0 Å². The van der Waals surface area contributed by atoms with E-state index < -0.39 is 5.97 Å². The predicted octanol–water partition coefficient (Wildman–Crippen LogP) is 1.97. The van der Waals surface area contributed by atoms with Crippen LogP contribution in [0.3, 0.4) is 0 Å². The van der Waals surface area contributed by atoms with Crippen LogP contribution < -0.4 is 0 Å². The average molecular weight is 279 g/mol. The number of carboxylic acids is 1. The molecular weight excluding hydrogens is 263 g/mol. The molecule has 17 heavy (non-hydrogen) atoms. The Labute approximate surface area is 113 Å². The van der Waals surface area contributed by atoms with Crippen molar-refractivity contribution in [3.8, 4) is 0 Å². The zero-order valence-corrected chi connectivity index (χ0v) is 10.9. The molecule has 1 saturated heterocycles. The van der Waals surface area contributed by atoms with E-state index in [-0.39, 0.29) is 30.9 Å². The summed E-state index contributed by atoms with van der Waals surface area (Å²) in [6.45, 7) is 1.49. The first-order chi connectivity index (χ1) is 7.27.